The third-order valence-electron chi connectivity index (χ3n) is 3.66. The number of rotatable bonds is 5. The van der Waals surface area contributed by atoms with Crippen LogP contribution in [0, 0.1) is 0 Å². The highest BCUT2D eigenvalue weighted by Gasteiger charge is 2.12. The lowest BCUT2D eigenvalue weighted by Gasteiger charge is -2.09. The molecule has 0 radical (unpaired) electrons. The molecule has 0 unspecified atom stereocenters. The zero-order valence-corrected chi connectivity index (χ0v) is 12.2. The molecule has 0 aliphatic carbocycles. The summed E-state index contributed by atoms with van der Waals surface area (Å²) in [7, 11) is 0. The van der Waals surface area contributed by atoms with Crippen LogP contribution in [0.15, 0.2) is 54.6 Å². The largest absolute Gasteiger partial charge is 0.327 e. The van der Waals surface area contributed by atoms with Gasteiger partial charge >= 0.3 is 0 Å². The number of carbonyl (C=O) groups is 1. The molecule has 2 aromatic carbocycles. The van der Waals surface area contributed by atoms with Crippen LogP contribution in [-0.2, 0) is 17.8 Å². The Morgan fingerprint density at radius 1 is 1.09 bits per heavy atom. The zero-order chi connectivity index (χ0) is 15.4. The molecule has 0 aliphatic heterocycles. The van der Waals surface area contributed by atoms with E-state index in [1.807, 2.05) is 42.5 Å². The fourth-order valence-corrected chi connectivity index (χ4v) is 2.57. The second kappa shape index (κ2) is 6.41. The van der Waals surface area contributed by atoms with Crippen molar-refractivity contribution in [1.29, 1.82) is 0 Å². The molecule has 3 rings (SSSR count). The number of carbonyl (C=O) groups excluding carboxylic acids is 1. The van der Waals surface area contributed by atoms with Gasteiger partial charge in [-0.2, -0.15) is 0 Å². The number of aromatic nitrogens is 2. The molecule has 0 spiro atoms. The molecule has 0 bridgehead atoms. The lowest BCUT2D eigenvalue weighted by atomic mass is 10.1. The van der Waals surface area contributed by atoms with E-state index in [-0.39, 0.29) is 5.91 Å². The Balaban J connectivity index is 1.95. The van der Waals surface area contributed by atoms with Gasteiger partial charge in [0.15, 0.2) is 0 Å². The van der Waals surface area contributed by atoms with Crippen molar-refractivity contribution in [3.63, 3.8) is 0 Å². The van der Waals surface area contributed by atoms with Crippen LogP contribution in [0.5, 0.6) is 0 Å². The molecule has 112 valence electrons. The van der Waals surface area contributed by atoms with Gasteiger partial charge in [0.25, 0.3) is 0 Å². The molecular weight excluding hydrogens is 276 g/mol. The van der Waals surface area contributed by atoms with Crippen molar-refractivity contribution >= 4 is 16.9 Å². The molecule has 1 heterocycles. The Kier molecular flexibility index (Phi) is 4.16. The monoisotopic (exact) mass is 294 g/mol. The number of imidazole rings is 1. The Bertz CT molecular complexity index is 780. The highest BCUT2D eigenvalue weighted by Crippen LogP contribution is 2.19. The summed E-state index contributed by atoms with van der Waals surface area (Å²) in [5.74, 6) is 5.94. The van der Waals surface area contributed by atoms with E-state index in [1.54, 1.807) is 0 Å². The second-order valence-electron chi connectivity index (χ2n) is 5.15. The van der Waals surface area contributed by atoms with E-state index in [2.05, 4.69) is 22.1 Å². The quantitative estimate of drug-likeness (QED) is 0.429. The smallest absolute Gasteiger partial charge is 0.235 e. The SMILES string of the molecule is NNC(=O)CCn1c(Cc2ccccc2)nc2ccccc21. The van der Waals surface area contributed by atoms with Crippen molar-refractivity contribution in [3.8, 4) is 0 Å². The predicted octanol–water partition coefficient (Wildman–Crippen LogP) is 2.01. The topological polar surface area (TPSA) is 72.9 Å². The minimum atomic E-state index is -0.177. The maximum Gasteiger partial charge on any atom is 0.235 e. The number of aryl methyl sites for hydroxylation is 1. The number of hydrazine groups is 1. The minimum Gasteiger partial charge on any atom is -0.327 e. The Labute approximate surface area is 128 Å². The van der Waals surface area contributed by atoms with E-state index in [4.69, 9.17) is 10.8 Å². The predicted molar refractivity (Wildman–Crippen MR) is 85.9 cm³/mol. The van der Waals surface area contributed by atoms with Gasteiger partial charge in [0.05, 0.1) is 11.0 Å². The normalized spacial score (nSPS) is 10.8. The first-order chi connectivity index (χ1) is 10.8. The fourth-order valence-electron chi connectivity index (χ4n) is 2.57. The summed E-state index contributed by atoms with van der Waals surface area (Å²) < 4.78 is 2.09. The average Bonchev–Trinajstić information content (AvgIpc) is 2.90. The van der Waals surface area contributed by atoms with Crippen molar-refractivity contribution in [3.05, 3.63) is 66.0 Å². The van der Waals surface area contributed by atoms with Crippen LogP contribution in [0.4, 0.5) is 0 Å². The van der Waals surface area contributed by atoms with Gasteiger partial charge in [0.2, 0.25) is 5.91 Å². The van der Waals surface area contributed by atoms with E-state index in [9.17, 15) is 4.79 Å². The van der Waals surface area contributed by atoms with Gasteiger partial charge in [-0.25, -0.2) is 10.8 Å². The number of nitrogens with two attached hydrogens (primary N) is 1. The number of hydrogen-bond donors (Lipinski definition) is 2. The molecule has 0 saturated heterocycles. The summed E-state index contributed by atoms with van der Waals surface area (Å²) in [4.78, 5) is 16.2. The van der Waals surface area contributed by atoms with Crippen LogP contribution in [0.25, 0.3) is 11.0 Å². The number of benzene rings is 2. The van der Waals surface area contributed by atoms with E-state index >= 15 is 0 Å². The Morgan fingerprint density at radius 3 is 2.59 bits per heavy atom. The molecule has 1 amide bonds. The maximum absolute atomic E-state index is 11.4. The fraction of sp³-hybridized carbons (Fsp3) is 0.176. The van der Waals surface area contributed by atoms with E-state index in [1.165, 1.54) is 5.56 Å². The van der Waals surface area contributed by atoms with E-state index in [0.717, 1.165) is 23.3 Å². The van der Waals surface area contributed by atoms with Crippen molar-refractivity contribution in [2.24, 2.45) is 5.84 Å². The Hall–Kier alpha value is -2.66. The highest BCUT2D eigenvalue weighted by atomic mass is 16.2. The standard InChI is InChI=1S/C17H18N4O/c18-20-17(22)10-11-21-15-9-5-4-8-14(15)19-16(21)12-13-6-2-1-3-7-13/h1-9H,10-12,18H2,(H,20,22). The molecular formula is C17H18N4O. The molecule has 5 nitrogen and oxygen atoms in total. The van der Waals surface area contributed by atoms with Crippen molar-refractivity contribution in [1.82, 2.24) is 15.0 Å². The first kappa shape index (κ1) is 14.3. The first-order valence-electron chi connectivity index (χ1n) is 7.25. The number of hydrogen-bond acceptors (Lipinski definition) is 3. The van der Waals surface area contributed by atoms with Crippen LogP contribution >= 0.6 is 0 Å². The van der Waals surface area contributed by atoms with E-state index in [0.29, 0.717) is 13.0 Å². The molecule has 0 atom stereocenters. The van der Waals surface area contributed by atoms with Gasteiger partial charge < -0.3 is 4.57 Å². The van der Waals surface area contributed by atoms with Gasteiger partial charge in [0, 0.05) is 19.4 Å². The number of nitrogens with zero attached hydrogens (tertiary/aromatic N) is 2. The maximum atomic E-state index is 11.4. The lowest BCUT2D eigenvalue weighted by Crippen LogP contribution is -2.30. The molecule has 1 aromatic heterocycles. The van der Waals surface area contributed by atoms with Crippen molar-refractivity contribution in [2.45, 2.75) is 19.4 Å². The third kappa shape index (κ3) is 2.99. The van der Waals surface area contributed by atoms with Crippen LogP contribution in [-0.4, -0.2) is 15.5 Å². The summed E-state index contributed by atoms with van der Waals surface area (Å²) in [6.07, 6.45) is 1.07. The van der Waals surface area contributed by atoms with E-state index < -0.39 is 0 Å². The third-order valence-corrected chi connectivity index (χ3v) is 3.66. The zero-order valence-electron chi connectivity index (χ0n) is 12.2. The summed E-state index contributed by atoms with van der Waals surface area (Å²) in [6, 6.07) is 18.2. The second-order valence-corrected chi connectivity index (χ2v) is 5.15. The van der Waals surface area contributed by atoms with Crippen LogP contribution in [0.3, 0.4) is 0 Å². The summed E-state index contributed by atoms with van der Waals surface area (Å²) in [5, 5.41) is 0. The molecule has 3 aromatic rings. The number of nitrogens with one attached hydrogen (secondary N) is 1. The number of fused-ring (bicyclic) bond motifs is 1. The number of para-hydroxylation sites is 2. The van der Waals surface area contributed by atoms with Gasteiger partial charge in [-0.1, -0.05) is 42.5 Å². The number of amides is 1. The average molecular weight is 294 g/mol. The summed E-state index contributed by atoms with van der Waals surface area (Å²) >= 11 is 0. The molecule has 0 fully saturated rings. The highest BCUT2D eigenvalue weighted by molar-refractivity contribution is 5.77. The first-order valence-corrected chi connectivity index (χ1v) is 7.25. The van der Waals surface area contributed by atoms with Crippen LogP contribution < -0.4 is 11.3 Å². The molecule has 3 N–H and O–H groups in total. The summed E-state index contributed by atoms with van der Waals surface area (Å²) in [6.45, 7) is 0.561. The van der Waals surface area contributed by atoms with Crippen LogP contribution in [0.2, 0.25) is 0 Å². The van der Waals surface area contributed by atoms with Gasteiger partial charge in [-0.05, 0) is 17.7 Å². The summed E-state index contributed by atoms with van der Waals surface area (Å²) in [5.41, 5.74) is 5.35. The van der Waals surface area contributed by atoms with Gasteiger partial charge in [0.1, 0.15) is 5.82 Å². The van der Waals surface area contributed by atoms with Gasteiger partial charge in [-0.3, -0.25) is 10.2 Å². The molecule has 5 heteroatoms. The van der Waals surface area contributed by atoms with Crippen molar-refractivity contribution < 1.29 is 4.79 Å². The molecule has 22 heavy (non-hydrogen) atoms. The lowest BCUT2D eigenvalue weighted by molar-refractivity contribution is -0.121. The molecule has 0 saturated carbocycles. The van der Waals surface area contributed by atoms with Crippen molar-refractivity contribution in [2.75, 3.05) is 0 Å². The van der Waals surface area contributed by atoms with Gasteiger partial charge in [-0.15, -0.1) is 0 Å². The van der Waals surface area contributed by atoms with Crippen LogP contribution in [0.1, 0.15) is 17.8 Å². The molecule has 0 aliphatic rings. The Morgan fingerprint density at radius 2 is 1.82 bits per heavy atom. The minimum absolute atomic E-state index is 0.177.